The zero-order chi connectivity index (χ0) is 16.9. The van der Waals surface area contributed by atoms with E-state index in [2.05, 4.69) is 5.10 Å². The molecule has 2 aromatic heterocycles. The largest absolute Gasteiger partial charge is 0.465 e. The molecule has 0 atom stereocenters. The smallest absolute Gasteiger partial charge is 0.342 e. The molecule has 0 aliphatic heterocycles. The monoisotopic (exact) mass is 322 g/mol. The number of nitrogens with zero attached hydrogens (tertiary/aromatic N) is 2. The Morgan fingerprint density at radius 3 is 2.67 bits per heavy atom. The van der Waals surface area contributed by atoms with Crippen LogP contribution in [0.1, 0.15) is 34.4 Å². The van der Waals surface area contributed by atoms with Crippen molar-refractivity contribution in [3.8, 4) is 5.69 Å². The van der Waals surface area contributed by atoms with E-state index in [4.69, 9.17) is 9.15 Å². The molecule has 0 radical (unpaired) electrons. The summed E-state index contributed by atoms with van der Waals surface area (Å²) in [5.41, 5.74) is 2.61. The molecule has 0 aliphatic carbocycles. The number of benzene rings is 1. The molecule has 24 heavy (non-hydrogen) atoms. The van der Waals surface area contributed by atoms with Crippen LogP contribution in [0.4, 0.5) is 0 Å². The lowest BCUT2D eigenvalue weighted by molar-refractivity contribution is 0.0525. The lowest BCUT2D eigenvalue weighted by atomic mass is 10.1. The van der Waals surface area contributed by atoms with Crippen molar-refractivity contribution in [1.29, 1.82) is 0 Å². The molecule has 0 saturated carbocycles. The zero-order valence-electron chi connectivity index (χ0n) is 13.6. The minimum Gasteiger partial charge on any atom is -0.465 e. The Bertz CT molecular complexity index is 846. The summed E-state index contributed by atoms with van der Waals surface area (Å²) >= 11 is 0. The molecule has 0 fully saturated rings. The van der Waals surface area contributed by atoms with Crippen molar-refractivity contribution >= 4 is 18.1 Å². The highest BCUT2D eigenvalue weighted by Gasteiger charge is 2.21. The van der Waals surface area contributed by atoms with E-state index >= 15 is 0 Å². The number of ether oxygens (including phenoxy) is 1. The van der Waals surface area contributed by atoms with Gasteiger partial charge in [0.05, 0.1) is 29.9 Å². The van der Waals surface area contributed by atoms with Crippen molar-refractivity contribution in [1.82, 2.24) is 9.78 Å². The molecule has 0 saturated heterocycles. The maximum atomic E-state index is 12.4. The van der Waals surface area contributed by atoms with Gasteiger partial charge < -0.3 is 9.15 Å². The van der Waals surface area contributed by atoms with Gasteiger partial charge in [0.1, 0.15) is 11.3 Å². The Hall–Kier alpha value is -3.08. The van der Waals surface area contributed by atoms with Gasteiger partial charge in [-0.3, -0.25) is 0 Å². The van der Waals surface area contributed by atoms with Gasteiger partial charge >= 0.3 is 5.97 Å². The summed E-state index contributed by atoms with van der Waals surface area (Å²) < 4.78 is 12.2. The Morgan fingerprint density at radius 1 is 1.21 bits per heavy atom. The lowest BCUT2D eigenvalue weighted by Crippen LogP contribution is -2.08. The molecule has 122 valence electrons. The molecular formula is C19H18N2O3. The van der Waals surface area contributed by atoms with Crippen molar-refractivity contribution < 1.29 is 13.9 Å². The molecular weight excluding hydrogens is 304 g/mol. The maximum absolute atomic E-state index is 12.4. The second-order valence-corrected chi connectivity index (χ2v) is 5.16. The minimum atomic E-state index is -0.378. The quantitative estimate of drug-likeness (QED) is 0.663. The van der Waals surface area contributed by atoms with E-state index < -0.39 is 0 Å². The number of esters is 1. The van der Waals surface area contributed by atoms with Gasteiger partial charge in [0.15, 0.2) is 0 Å². The first-order valence-corrected chi connectivity index (χ1v) is 7.74. The van der Waals surface area contributed by atoms with Gasteiger partial charge in [0.25, 0.3) is 0 Å². The van der Waals surface area contributed by atoms with Gasteiger partial charge in [-0.05, 0) is 50.3 Å². The van der Waals surface area contributed by atoms with Gasteiger partial charge in [-0.15, -0.1) is 0 Å². The number of para-hydroxylation sites is 1. The number of aryl methyl sites for hydroxylation is 1. The van der Waals surface area contributed by atoms with E-state index in [1.54, 1.807) is 30.9 Å². The summed E-state index contributed by atoms with van der Waals surface area (Å²) in [5, 5.41) is 4.52. The van der Waals surface area contributed by atoms with Crippen molar-refractivity contribution in [3.63, 3.8) is 0 Å². The third kappa shape index (κ3) is 3.15. The van der Waals surface area contributed by atoms with Crippen molar-refractivity contribution in [3.05, 3.63) is 71.4 Å². The predicted octanol–water partition coefficient (Wildman–Crippen LogP) is 4.12. The van der Waals surface area contributed by atoms with Gasteiger partial charge in [-0.2, -0.15) is 5.10 Å². The first kappa shape index (κ1) is 15.8. The average molecular weight is 322 g/mol. The molecule has 3 aromatic rings. The van der Waals surface area contributed by atoms with Crippen molar-refractivity contribution in [2.24, 2.45) is 0 Å². The zero-order valence-corrected chi connectivity index (χ0v) is 13.6. The molecule has 2 heterocycles. The fraction of sp³-hybridized carbons (Fsp3) is 0.158. The number of carbonyl (C=O) groups is 1. The minimum absolute atomic E-state index is 0.316. The fourth-order valence-electron chi connectivity index (χ4n) is 2.47. The number of furan rings is 1. The summed E-state index contributed by atoms with van der Waals surface area (Å²) in [7, 11) is 0. The molecule has 1 aromatic carbocycles. The number of hydrogen-bond acceptors (Lipinski definition) is 4. The number of aromatic nitrogens is 2. The predicted molar refractivity (Wildman–Crippen MR) is 91.9 cm³/mol. The number of rotatable bonds is 5. The van der Waals surface area contributed by atoms with E-state index in [9.17, 15) is 4.79 Å². The van der Waals surface area contributed by atoms with Gasteiger partial charge in [-0.25, -0.2) is 9.48 Å². The second-order valence-electron chi connectivity index (χ2n) is 5.16. The van der Waals surface area contributed by atoms with Crippen LogP contribution in [0.15, 0.2) is 53.1 Å². The molecule has 0 bridgehead atoms. The highest BCUT2D eigenvalue weighted by atomic mass is 16.5. The third-order valence-corrected chi connectivity index (χ3v) is 3.53. The second kappa shape index (κ2) is 7.00. The summed E-state index contributed by atoms with van der Waals surface area (Å²) in [4.78, 5) is 12.4. The highest BCUT2D eigenvalue weighted by Crippen LogP contribution is 2.22. The van der Waals surface area contributed by atoms with Crippen LogP contribution < -0.4 is 0 Å². The molecule has 0 amide bonds. The molecule has 0 N–H and O–H groups in total. The summed E-state index contributed by atoms with van der Waals surface area (Å²) in [6, 6.07) is 13.3. The van der Waals surface area contributed by atoms with Gasteiger partial charge in [0.2, 0.25) is 0 Å². The van der Waals surface area contributed by atoms with Gasteiger partial charge in [0, 0.05) is 0 Å². The maximum Gasteiger partial charge on any atom is 0.342 e. The van der Waals surface area contributed by atoms with Crippen LogP contribution in [0.25, 0.3) is 17.8 Å². The Kier molecular flexibility index (Phi) is 4.61. The van der Waals surface area contributed by atoms with E-state index in [1.807, 2.05) is 48.5 Å². The summed E-state index contributed by atoms with van der Waals surface area (Å²) in [6.45, 7) is 3.90. The first-order valence-electron chi connectivity index (χ1n) is 7.74. The normalized spacial score (nSPS) is 11.1. The van der Waals surface area contributed by atoms with Crippen LogP contribution in [0.5, 0.6) is 0 Å². The van der Waals surface area contributed by atoms with Crippen LogP contribution in [-0.4, -0.2) is 22.4 Å². The standard InChI is InChI=1S/C19H18N2O3/c1-3-23-19(22)18-14(2)20-21(15-8-5-4-6-9-15)17(18)12-11-16-10-7-13-24-16/h4-13H,3H2,1-2H3/b12-11+. The van der Waals surface area contributed by atoms with E-state index in [1.165, 1.54) is 0 Å². The number of hydrogen-bond donors (Lipinski definition) is 0. The SMILES string of the molecule is CCOC(=O)c1c(C)nn(-c2ccccc2)c1/C=C/c1ccco1. The van der Waals surface area contributed by atoms with E-state index in [0.29, 0.717) is 29.3 Å². The summed E-state index contributed by atoms with van der Waals surface area (Å²) in [6.07, 6.45) is 5.22. The van der Waals surface area contributed by atoms with Crippen molar-refractivity contribution in [2.75, 3.05) is 6.61 Å². The first-order chi connectivity index (χ1) is 11.7. The summed E-state index contributed by atoms with van der Waals surface area (Å²) in [5.74, 6) is 0.319. The van der Waals surface area contributed by atoms with Crippen molar-refractivity contribution in [2.45, 2.75) is 13.8 Å². The molecule has 0 unspecified atom stereocenters. The molecule has 0 spiro atoms. The average Bonchev–Trinajstić information content (AvgIpc) is 3.21. The van der Waals surface area contributed by atoms with Crippen LogP contribution >= 0.6 is 0 Å². The Balaban J connectivity index is 2.12. The van der Waals surface area contributed by atoms with E-state index in [-0.39, 0.29) is 5.97 Å². The topological polar surface area (TPSA) is 57.3 Å². The number of carbonyl (C=O) groups excluding carboxylic acids is 1. The van der Waals surface area contributed by atoms with E-state index in [0.717, 1.165) is 5.69 Å². The van der Waals surface area contributed by atoms with Crippen LogP contribution in [0.2, 0.25) is 0 Å². The molecule has 3 rings (SSSR count). The highest BCUT2D eigenvalue weighted by molar-refractivity contribution is 5.95. The van der Waals surface area contributed by atoms with Crippen LogP contribution in [-0.2, 0) is 4.74 Å². The fourth-order valence-corrected chi connectivity index (χ4v) is 2.47. The molecule has 0 aliphatic rings. The Labute approximate surface area is 140 Å². The Morgan fingerprint density at radius 2 is 2.00 bits per heavy atom. The van der Waals surface area contributed by atoms with Crippen LogP contribution in [0.3, 0.4) is 0 Å². The molecule has 5 nitrogen and oxygen atoms in total. The third-order valence-electron chi connectivity index (χ3n) is 3.53. The molecule has 5 heteroatoms. The van der Waals surface area contributed by atoms with Crippen LogP contribution in [0, 0.1) is 6.92 Å². The van der Waals surface area contributed by atoms with Gasteiger partial charge in [-0.1, -0.05) is 18.2 Å². The lowest BCUT2D eigenvalue weighted by Gasteiger charge is -2.06.